The van der Waals surface area contributed by atoms with Gasteiger partial charge in [0.05, 0.1) is 11.3 Å². The molecule has 34 heavy (non-hydrogen) atoms. The normalized spacial score (nSPS) is 16.6. The van der Waals surface area contributed by atoms with Crippen molar-refractivity contribution in [1.29, 1.82) is 0 Å². The minimum atomic E-state index is -0.926. The van der Waals surface area contributed by atoms with Crippen molar-refractivity contribution in [3.63, 3.8) is 0 Å². The smallest absolute Gasteiger partial charge is 0.335 e. The molecule has 1 N–H and O–H groups in total. The first kappa shape index (κ1) is 22.1. The number of carboxylic acids is 1. The highest BCUT2D eigenvalue weighted by Gasteiger charge is 2.52. The second kappa shape index (κ2) is 8.24. The van der Waals surface area contributed by atoms with Gasteiger partial charge in [0.15, 0.2) is 0 Å². The topological polar surface area (TPSA) is 92.6 Å². The zero-order valence-corrected chi connectivity index (χ0v) is 19.3. The van der Waals surface area contributed by atoms with E-state index >= 15 is 0 Å². The molecule has 5 rings (SSSR count). The number of ether oxygens (including phenoxy) is 1. The van der Waals surface area contributed by atoms with Gasteiger partial charge in [0.25, 0.3) is 0 Å². The van der Waals surface area contributed by atoms with Crippen LogP contribution in [0.3, 0.4) is 0 Å². The van der Waals surface area contributed by atoms with Gasteiger partial charge in [0.1, 0.15) is 18.1 Å². The maximum Gasteiger partial charge on any atom is 0.335 e. The fraction of sp³-hybridized carbons (Fsp3) is 0.333. The molecule has 174 valence electrons. The third-order valence-corrected chi connectivity index (χ3v) is 7.00. The SMILES string of the molecule is CC(C)(c1ccc(OCc2ccnc(N3CC4(CC(=O)C4)C3)n2)cc1)c1ccc(C(=O)O)cc1. The molecule has 2 aromatic carbocycles. The van der Waals surface area contributed by atoms with Crippen molar-refractivity contribution < 1.29 is 19.4 Å². The van der Waals surface area contributed by atoms with E-state index in [4.69, 9.17) is 9.84 Å². The van der Waals surface area contributed by atoms with Crippen molar-refractivity contribution in [3.05, 3.63) is 83.2 Å². The molecular formula is C27H27N3O4. The van der Waals surface area contributed by atoms with Crippen molar-refractivity contribution in [1.82, 2.24) is 9.97 Å². The Hall–Kier alpha value is -3.74. The van der Waals surface area contributed by atoms with Crippen LogP contribution in [0.25, 0.3) is 0 Å². The molecule has 1 aromatic heterocycles. The Labute approximate surface area is 198 Å². The van der Waals surface area contributed by atoms with Crippen LogP contribution in [-0.2, 0) is 16.8 Å². The summed E-state index contributed by atoms with van der Waals surface area (Å²) in [4.78, 5) is 33.6. The zero-order valence-electron chi connectivity index (χ0n) is 19.3. The van der Waals surface area contributed by atoms with E-state index in [-0.39, 0.29) is 16.4 Å². The van der Waals surface area contributed by atoms with Gasteiger partial charge >= 0.3 is 5.97 Å². The lowest BCUT2D eigenvalue weighted by atomic mass is 9.63. The number of carbonyl (C=O) groups excluding carboxylic acids is 1. The first-order valence-corrected chi connectivity index (χ1v) is 11.4. The number of hydrogen-bond donors (Lipinski definition) is 1. The van der Waals surface area contributed by atoms with Gasteiger partial charge in [-0.1, -0.05) is 38.1 Å². The first-order valence-electron chi connectivity index (χ1n) is 11.4. The van der Waals surface area contributed by atoms with Crippen LogP contribution in [0.15, 0.2) is 60.8 Å². The molecule has 0 amide bonds. The van der Waals surface area contributed by atoms with Crippen LogP contribution in [0.4, 0.5) is 5.95 Å². The van der Waals surface area contributed by atoms with Crippen molar-refractivity contribution in [2.45, 2.75) is 38.7 Å². The average molecular weight is 458 g/mol. The molecule has 7 heteroatoms. The molecule has 1 aliphatic carbocycles. The average Bonchev–Trinajstić information content (AvgIpc) is 2.79. The Morgan fingerprint density at radius 2 is 1.65 bits per heavy atom. The number of Topliss-reactive ketones (excluding diaryl/α,β-unsaturated/α-hetero) is 1. The highest BCUT2D eigenvalue weighted by Crippen LogP contribution is 2.46. The number of anilines is 1. The monoisotopic (exact) mass is 457 g/mol. The fourth-order valence-corrected chi connectivity index (χ4v) is 4.85. The number of ketones is 1. The highest BCUT2D eigenvalue weighted by atomic mass is 16.5. The quantitative estimate of drug-likeness (QED) is 0.567. The largest absolute Gasteiger partial charge is 0.487 e. The van der Waals surface area contributed by atoms with Crippen LogP contribution in [0, 0.1) is 5.41 Å². The summed E-state index contributed by atoms with van der Waals surface area (Å²) in [5.41, 5.74) is 3.12. The minimum Gasteiger partial charge on any atom is -0.487 e. The molecule has 1 saturated heterocycles. The van der Waals surface area contributed by atoms with Gasteiger partial charge in [-0.15, -0.1) is 0 Å². The Bertz CT molecular complexity index is 1220. The van der Waals surface area contributed by atoms with Crippen LogP contribution in [-0.4, -0.2) is 39.9 Å². The van der Waals surface area contributed by atoms with E-state index in [1.807, 2.05) is 42.5 Å². The summed E-state index contributed by atoms with van der Waals surface area (Å²) in [7, 11) is 0. The van der Waals surface area contributed by atoms with Crippen LogP contribution in [0.1, 0.15) is 53.9 Å². The van der Waals surface area contributed by atoms with Crippen LogP contribution >= 0.6 is 0 Å². The number of carbonyl (C=O) groups is 2. The summed E-state index contributed by atoms with van der Waals surface area (Å²) in [6.07, 6.45) is 3.12. The molecule has 2 aliphatic rings. The molecule has 0 bridgehead atoms. The number of benzene rings is 2. The number of aromatic carboxylic acids is 1. The molecule has 0 atom stereocenters. The number of hydrogen-bond acceptors (Lipinski definition) is 6. The van der Waals surface area contributed by atoms with E-state index in [2.05, 4.69) is 28.7 Å². The summed E-state index contributed by atoms with van der Waals surface area (Å²) >= 11 is 0. The lowest BCUT2D eigenvalue weighted by Gasteiger charge is -2.54. The predicted molar refractivity (Wildman–Crippen MR) is 127 cm³/mol. The standard InChI is InChI=1S/C27H27N3O4/c1-26(2,19-5-3-18(4-6-19)24(32)33)20-7-9-23(10-8-20)34-15-21-11-12-28-25(29-21)30-16-27(17-30)13-22(31)14-27/h3-12H,13-17H2,1-2H3,(H,32,33). The lowest BCUT2D eigenvalue weighted by molar-refractivity contribution is -0.134. The Kier molecular flexibility index (Phi) is 5.35. The van der Waals surface area contributed by atoms with E-state index in [1.54, 1.807) is 18.3 Å². The molecule has 1 spiro atoms. The maximum atomic E-state index is 11.3. The van der Waals surface area contributed by atoms with Crippen molar-refractivity contribution in [3.8, 4) is 5.75 Å². The van der Waals surface area contributed by atoms with Gasteiger partial charge in [0, 0.05) is 43.0 Å². The predicted octanol–water partition coefficient (Wildman–Crippen LogP) is 4.25. The third kappa shape index (κ3) is 4.14. The van der Waals surface area contributed by atoms with E-state index in [0.29, 0.717) is 31.2 Å². The van der Waals surface area contributed by atoms with Crippen molar-refractivity contribution in [2.75, 3.05) is 18.0 Å². The minimum absolute atomic E-state index is 0.167. The molecule has 1 saturated carbocycles. The second-order valence-electron chi connectivity index (χ2n) is 9.92. The summed E-state index contributed by atoms with van der Waals surface area (Å²) in [5, 5.41) is 9.12. The Morgan fingerprint density at radius 1 is 1.03 bits per heavy atom. The van der Waals surface area contributed by atoms with Crippen LogP contribution in [0.2, 0.25) is 0 Å². The van der Waals surface area contributed by atoms with E-state index in [1.165, 1.54) is 0 Å². The summed E-state index contributed by atoms with van der Waals surface area (Å²) in [6, 6.07) is 16.8. The van der Waals surface area contributed by atoms with Crippen molar-refractivity contribution in [2.24, 2.45) is 5.41 Å². The van der Waals surface area contributed by atoms with Crippen LogP contribution < -0.4 is 9.64 Å². The molecule has 2 fully saturated rings. The van der Waals surface area contributed by atoms with Gasteiger partial charge in [-0.3, -0.25) is 4.79 Å². The lowest BCUT2D eigenvalue weighted by Crippen LogP contribution is -2.63. The zero-order chi connectivity index (χ0) is 23.9. The first-order chi connectivity index (χ1) is 16.2. The highest BCUT2D eigenvalue weighted by molar-refractivity contribution is 5.88. The van der Waals surface area contributed by atoms with Crippen molar-refractivity contribution >= 4 is 17.7 Å². The molecular weight excluding hydrogens is 430 g/mol. The van der Waals surface area contributed by atoms with Gasteiger partial charge in [-0.05, 0) is 41.5 Å². The Balaban J connectivity index is 1.20. The van der Waals surface area contributed by atoms with E-state index < -0.39 is 5.97 Å². The number of nitrogens with zero attached hydrogens (tertiary/aromatic N) is 3. The third-order valence-electron chi connectivity index (χ3n) is 7.00. The van der Waals surface area contributed by atoms with Crippen LogP contribution in [0.5, 0.6) is 5.75 Å². The van der Waals surface area contributed by atoms with E-state index in [0.717, 1.165) is 35.7 Å². The summed E-state index contributed by atoms with van der Waals surface area (Å²) < 4.78 is 5.96. The number of carboxylic acid groups (broad SMARTS) is 1. The molecule has 7 nitrogen and oxygen atoms in total. The number of aromatic nitrogens is 2. The number of rotatable bonds is 7. The molecule has 3 aromatic rings. The second-order valence-corrected chi connectivity index (χ2v) is 9.92. The van der Waals surface area contributed by atoms with E-state index in [9.17, 15) is 9.59 Å². The summed E-state index contributed by atoms with van der Waals surface area (Å²) in [6.45, 7) is 6.26. The van der Waals surface area contributed by atoms with Gasteiger partial charge < -0.3 is 14.7 Å². The maximum absolute atomic E-state index is 11.3. The summed E-state index contributed by atoms with van der Waals surface area (Å²) in [5.74, 6) is 0.868. The van der Waals surface area contributed by atoms with Gasteiger partial charge in [-0.2, -0.15) is 0 Å². The fourth-order valence-electron chi connectivity index (χ4n) is 4.85. The molecule has 1 aliphatic heterocycles. The van der Waals surface area contributed by atoms with Gasteiger partial charge in [0.2, 0.25) is 5.95 Å². The molecule has 2 heterocycles. The Morgan fingerprint density at radius 3 is 2.24 bits per heavy atom. The molecule has 0 unspecified atom stereocenters. The molecule has 0 radical (unpaired) electrons. The van der Waals surface area contributed by atoms with Gasteiger partial charge in [-0.25, -0.2) is 14.8 Å².